The molecule has 6 nitrogen and oxygen atoms in total. The summed E-state index contributed by atoms with van der Waals surface area (Å²) in [6.45, 7) is 1.51. The number of hydrogen-bond donors (Lipinski definition) is 0. The van der Waals surface area contributed by atoms with Crippen molar-refractivity contribution < 1.29 is 23.8 Å². The van der Waals surface area contributed by atoms with E-state index in [0.717, 1.165) is 5.56 Å². The molecular weight excluding hydrogens is 238 g/mol. The van der Waals surface area contributed by atoms with Crippen LogP contribution in [0.15, 0.2) is 24.3 Å². The fourth-order valence-electron chi connectivity index (χ4n) is 1.10. The van der Waals surface area contributed by atoms with Crippen molar-refractivity contribution in [2.24, 2.45) is 0 Å². The Morgan fingerprint density at radius 3 is 2.39 bits per heavy atom. The normalized spacial score (nSPS) is 9.67. The number of esters is 1. The first kappa shape index (κ1) is 14.0. The molecule has 0 amide bonds. The highest BCUT2D eigenvalue weighted by Crippen LogP contribution is 2.13. The lowest BCUT2D eigenvalue weighted by atomic mass is 10.2. The molecule has 1 rings (SSSR count). The van der Waals surface area contributed by atoms with Crippen LogP contribution in [0, 0.1) is 0 Å². The Morgan fingerprint density at radius 1 is 1.17 bits per heavy atom. The van der Waals surface area contributed by atoms with Gasteiger partial charge in [0.25, 0.3) is 0 Å². The zero-order valence-corrected chi connectivity index (χ0v) is 9.97. The van der Waals surface area contributed by atoms with E-state index in [1.165, 1.54) is 6.92 Å². The number of benzene rings is 1. The largest absolute Gasteiger partial charge is 0.675 e. The predicted octanol–water partition coefficient (Wildman–Crippen LogP) is 2.32. The van der Waals surface area contributed by atoms with Crippen LogP contribution in [0.3, 0.4) is 0 Å². The van der Waals surface area contributed by atoms with Crippen molar-refractivity contribution in [3.05, 3.63) is 35.6 Å². The molecular formula is C12H14NO5-. The molecule has 1 aromatic carbocycles. The highest BCUT2D eigenvalue weighted by Gasteiger charge is 2.04. The van der Waals surface area contributed by atoms with Crippen molar-refractivity contribution in [1.82, 2.24) is 0 Å². The summed E-state index contributed by atoms with van der Waals surface area (Å²) in [5.74, 6) is -0.0224. The highest BCUT2D eigenvalue weighted by molar-refractivity contribution is 5.66. The van der Waals surface area contributed by atoms with E-state index in [1.54, 1.807) is 24.3 Å². The number of hydrogen-bond acceptors (Lipinski definition) is 5. The Balaban J connectivity index is 2.44. The molecule has 0 atom stereocenters. The fourth-order valence-corrected chi connectivity index (χ4v) is 1.10. The van der Waals surface area contributed by atoms with Gasteiger partial charge in [-0.25, -0.2) is 4.79 Å². The van der Waals surface area contributed by atoms with Crippen LogP contribution in [0.5, 0.6) is 5.75 Å². The third-order valence-electron chi connectivity index (χ3n) is 1.89. The van der Waals surface area contributed by atoms with Gasteiger partial charge in [0.2, 0.25) is 0 Å². The molecule has 98 valence electrons. The van der Waals surface area contributed by atoms with Gasteiger partial charge in [-0.15, -0.1) is 6.54 Å². The molecule has 1 N–H and O–H groups in total. The Kier molecular flexibility index (Phi) is 5.66. The number of rotatable bonds is 5. The van der Waals surface area contributed by atoms with Crippen LogP contribution in [0.1, 0.15) is 12.5 Å². The van der Waals surface area contributed by atoms with Gasteiger partial charge in [-0.05, 0) is 17.7 Å². The van der Waals surface area contributed by atoms with Gasteiger partial charge in [-0.2, -0.15) is 0 Å². The summed E-state index contributed by atoms with van der Waals surface area (Å²) < 4.78 is 14.2. The molecule has 0 aliphatic heterocycles. The highest BCUT2D eigenvalue weighted by atomic mass is 16.7. The number of nitrogens with one attached hydrogen (secondary N) is 1. The molecule has 0 aliphatic rings. The van der Waals surface area contributed by atoms with E-state index >= 15 is 0 Å². The molecule has 0 radical (unpaired) electrons. The topological polar surface area (TPSA) is 85.6 Å². The maximum absolute atomic E-state index is 11.1. The average molecular weight is 252 g/mol. The van der Waals surface area contributed by atoms with Crippen LogP contribution in [-0.4, -0.2) is 25.3 Å². The van der Waals surface area contributed by atoms with Gasteiger partial charge in [0.1, 0.15) is 12.4 Å². The van der Waals surface area contributed by atoms with Gasteiger partial charge in [0.05, 0.1) is 6.61 Å². The lowest BCUT2D eigenvalue weighted by Gasteiger charge is -2.07. The average Bonchev–Trinajstić information content (AvgIpc) is 2.35. The zero-order chi connectivity index (χ0) is 13.4. The van der Waals surface area contributed by atoms with Crippen LogP contribution in [0.25, 0.3) is 5.73 Å². The second-order valence-electron chi connectivity index (χ2n) is 3.37. The molecule has 0 saturated carbocycles. The molecule has 0 spiro atoms. The molecule has 0 saturated heterocycles. The third kappa shape index (κ3) is 5.31. The van der Waals surface area contributed by atoms with Crippen LogP contribution < -0.4 is 4.74 Å². The second-order valence-corrected chi connectivity index (χ2v) is 3.37. The smallest absolute Gasteiger partial charge is 0.513 e. The zero-order valence-electron chi connectivity index (χ0n) is 9.97. The van der Waals surface area contributed by atoms with Crippen LogP contribution in [0.4, 0.5) is 4.79 Å². The minimum Gasteiger partial charge on any atom is -0.675 e. The molecule has 1 aromatic rings. The second kappa shape index (κ2) is 7.29. The third-order valence-corrected chi connectivity index (χ3v) is 1.89. The van der Waals surface area contributed by atoms with Gasteiger partial charge in [0.15, 0.2) is 0 Å². The maximum atomic E-state index is 11.1. The monoisotopic (exact) mass is 252 g/mol. The van der Waals surface area contributed by atoms with E-state index in [9.17, 15) is 9.59 Å². The molecule has 0 bridgehead atoms. The van der Waals surface area contributed by atoms with E-state index in [0.29, 0.717) is 5.75 Å². The SMILES string of the molecule is CC(=O)OCc1ccc(OC(=O)OCC[NH-])cc1. The number of carbonyl (C=O) groups excluding carboxylic acids is 2. The number of carbonyl (C=O) groups is 2. The van der Waals surface area contributed by atoms with E-state index in [-0.39, 0.29) is 25.7 Å². The summed E-state index contributed by atoms with van der Waals surface area (Å²) in [5, 5.41) is 0. The van der Waals surface area contributed by atoms with Crippen molar-refractivity contribution >= 4 is 12.1 Å². The summed E-state index contributed by atoms with van der Waals surface area (Å²) in [4.78, 5) is 21.7. The molecule has 18 heavy (non-hydrogen) atoms. The quantitative estimate of drug-likeness (QED) is 0.593. The molecule has 0 aromatic heterocycles. The number of ether oxygens (including phenoxy) is 3. The van der Waals surface area contributed by atoms with Gasteiger partial charge in [-0.1, -0.05) is 12.1 Å². The van der Waals surface area contributed by atoms with Crippen LogP contribution >= 0.6 is 0 Å². The lowest BCUT2D eigenvalue weighted by molar-refractivity contribution is -0.142. The van der Waals surface area contributed by atoms with Crippen LogP contribution in [-0.2, 0) is 20.9 Å². The van der Waals surface area contributed by atoms with E-state index in [1.807, 2.05) is 0 Å². The molecule has 0 aliphatic carbocycles. The van der Waals surface area contributed by atoms with E-state index < -0.39 is 6.16 Å². The van der Waals surface area contributed by atoms with Crippen molar-refractivity contribution in [3.8, 4) is 5.75 Å². The summed E-state index contributed by atoms with van der Waals surface area (Å²) in [6.07, 6.45) is -0.838. The first-order valence-corrected chi connectivity index (χ1v) is 5.33. The Morgan fingerprint density at radius 2 is 1.83 bits per heavy atom. The molecule has 0 unspecified atom stereocenters. The maximum Gasteiger partial charge on any atom is 0.513 e. The molecule has 0 fully saturated rings. The van der Waals surface area contributed by atoms with Gasteiger partial charge in [-0.3, -0.25) is 4.79 Å². The minimum atomic E-state index is -0.838. The Labute approximate surface area is 105 Å². The Bertz CT molecular complexity index is 401. The predicted molar refractivity (Wildman–Crippen MR) is 63.1 cm³/mol. The van der Waals surface area contributed by atoms with Gasteiger partial charge in [0, 0.05) is 6.92 Å². The van der Waals surface area contributed by atoms with Crippen molar-refractivity contribution in [1.29, 1.82) is 0 Å². The van der Waals surface area contributed by atoms with Crippen molar-refractivity contribution in [2.75, 3.05) is 13.2 Å². The molecule has 6 heteroatoms. The fraction of sp³-hybridized carbons (Fsp3) is 0.333. The van der Waals surface area contributed by atoms with Gasteiger partial charge < -0.3 is 19.9 Å². The summed E-state index contributed by atoms with van der Waals surface area (Å²) >= 11 is 0. The first-order valence-electron chi connectivity index (χ1n) is 5.33. The van der Waals surface area contributed by atoms with E-state index in [2.05, 4.69) is 4.74 Å². The Hall–Kier alpha value is -2.08. The summed E-state index contributed by atoms with van der Waals surface area (Å²) in [7, 11) is 0. The first-order chi connectivity index (χ1) is 8.61. The summed E-state index contributed by atoms with van der Waals surface area (Å²) in [6, 6.07) is 6.49. The van der Waals surface area contributed by atoms with E-state index in [4.69, 9.17) is 15.2 Å². The van der Waals surface area contributed by atoms with Gasteiger partial charge >= 0.3 is 12.1 Å². The van der Waals surface area contributed by atoms with Crippen LogP contribution in [0.2, 0.25) is 0 Å². The lowest BCUT2D eigenvalue weighted by Crippen LogP contribution is -2.12. The standard InChI is InChI=1S/C12H14NO5/c1-9(14)17-8-10-2-4-11(5-3-10)18-12(15)16-7-6-13/h2-5,13H,6-8H2,1H3/q-1. The van der Waals surface area contributed by atoms with Crippen molar-refractivity contribution in [3.63, 3.8) is 0 Å². The summed E-state index contributed by atoms with van der Waals surface area (Å²) in [5.41, 5.74) is 7.60. The minimum absolute atomic E-state index is 0.00334. The molecule has 0 heterocycles. The van der Waals surface area contributed by atoms with Crippen molar-refractivity contribution in [2.45, 2.75) is 13.5 Å².